The normalized spacial score (nSPS) is 11.7. The second-order valence-corrected chi connectivity index (χ2v) is 14.6. The van der Waals surface area contributed by atoms with Gasteiger partial charge in [0.2, 0.25) is 0 Å². The van der Waals surface area contributed by atoms with Crippen molar-refractivity contribution in [2.45, 2.75) is 12.8 Å². The highest BCUT2D eigenvalue weighted by molar-refractivity contribution is 9.10. The molecule has 1 aliphatic heterocycles. The molecular weight excluding hydrogens is 804 g/mol. The largest absolute Gasteiger partial charge is 0.465 e. The fourth-order valence-corrected chi connectivity index (χ4v) is 7.55. The van der Waals surface area contributed by atoms with Crippen molar-refractivity contribution in [1.29, 1.82) is 0 Å². The Morgan fingerprint density at radius 1 is 0.627 bits per heavy atom. The average Bonchev–Trinajstić information content (AvgIpc) is 3.73. The van der Waals surface area contributed by atoms with Crippen LogP contribution in [-0.2, 0) is 22.3 Å². The molecule has 1 aliphatic rings. The van der Waals surface area contributed by atoms with Gasteiger partial charge in [-0.05, 0) is 72.5 Å². The van der Waals surface area contributed by atoms with Gasteiger partial charge in [0, 0.05) is 34.4 Å². The molecule has 1 N–H and O–H groups in total. The predicted molar refractivity (Wildman–Crippen MR) is 236 cm³/mol. The molecule has 0 bridgehead atoms. The van der Waals surface area contributed by atoms with Crippen LogP contribution < -0.4 is 10.2 Å². The molecule has 9 rings (SSSR count). The van der Waals surface area contributed by atoms with E-state index in [-0.39, 0.29) is 5.97 Å². The number of benzene rings is 6. The van der Waals surface area contributed by atoms with E-state index in [1.807, 2.05) is 91.0 Å². The lowest BCUT2D eigenvalue weighted by Crippen LogP contribution is -2.17. The summed E-state index contributed by atoms with van der Waals surface area (Å²) in [4.78, 5) is 45.6. The molecule has 0 spiro atoms. The third-order valence-corrected chi connectivity index (χ3v) is 10.8. The minimum atomic E-state index is -0.394. The van der Waals surface area contributed by atoms with Crippen molar-refractivity contribution in [3.05, 3.63) is 172 Å². The number of methoxy groups -OCH3 is 2. The number of nitrogens with one attached hydrogen (secondary N) is 1. The van der Waals surface area contributed by atoms with Crippen LogP contribution in [0, 0.1) is 0 Å². The van der Waals surface area contributed by atoms with E-state index in [0.29, 0.717) is 34.5 Å². The minimum Gasteiger partial charge on any atom is -0.465 e. The maximum Gasteiger partial charge on any atom is 0.337 e. The smallest absolute Gasteiger partial charge is 0.337 e. The standard InChI is InChI=1S/C24H20BrN3O2.C24H19N3O2/c1-30-24(29)18-11-12-20-21(15-18)28-23(22(27-20)17-8-3-2-4-9-17)26-14-13-16-7-5-6-10-19(16)25;1-29-24(28)18-11-12-19-20(15-18)26-23(22(25-19)17-8-3-2-4-9-17)27-14-13-16-7-5-6-10-21(16)27/h2-12,15H,13-14H2,1H3,(H,26,28);2-12,15H,13-14H2,1H3. The van der Waals surface area contributed by atoms with Crippen LogP contribution in [0.1, 0.15) is 31.8 Å². The summed E-state index contributed by atoms with van der Waals surface area (Å²) in [6.07, 6.45) is 1.80. The number of carbonyl (C=O) groups excluding carboxylic acids is 2. The van der Waals surface area contributed by atoms with Gasteiger partial charge < -0.3 is 19.7 Å². The summed E-state index contributed by atoms with van der Waals surface area (Å²) in [6.45, 7) is 1.54. The van der Waals surface area contributed by atoms with Crippen LogP contribution in [-0.4, -0.2) is 59.2 Å². The van der Waals surface area contributed by atoms with Gasteiger partial charge in [0.1, 0.15) is 11.4 Å². The average molecular weight is 844 g/mol. The zero-order valence-electron chi connectivity index (χ0n) is 32.4. The number of ether oxygens (including phenoxy) is 2. The van der Waals surface area contributed by atoms with Crippen LogP contribution >= 0.6 is 15.9 Å². The predicted octanol–water partition coefficient (Wildman–Crippen LogP) is 10.3. The summed E-state index contributed by atoms with van der Waals surface area (Å²) in [5.74, 6) is 0.710. The van der Waals surface area contributed by atoms with Crippen molar-refractivity contribution >= 4 is 67.3 Å². The number of fused-ring (bicyclic) bond motifs is 3. The van der Waals surface area contributed by atoms with Gasteiger partial charge in [0.25, 0.3) is 0 Å². The number of nitrogens with zero attached hydrogens (tertiary/aromatic N) is 5. The number of carbonyl (C=O) groups is 2. The van der Waals surface area contributed by atoms with E-state index in [1.165, 1.54) is 25.3 Å². The first-order valence-electron chi connectivity index (χ1n) is 19.1. The van der Waals surface area contributed by atoms with Crippen LogP contribution in [0.4, 0.5) is 17.3 Å². The lowest BCUT2D eigenvalue weighted by atomic mass is 10.1. The van der Waals surface area contributed by atoms with E-state index < -0.39 is 5.97 Å². The zero-order chi connectivity index (χ0) is 40.7. The number of aromatic nitrogens is 4. The van der Waals surface area contributed by atoms with Crippen LogP contribution in [0.3, 0.4) is 0 Å². The molecule has 3 heterocycles. The van der Waals surface area contributed by atoms with Crippen LogP contribution in [0.2, 0.25) is 0 Å². The first-order valence-corrected chi connectivity index (χ1v) is 19.9. The number of hydrogen-bond acceptors (Lipinski definition) is 10. The number of halogens is 1. The molecule has 0 amide bonds. The Hall–Kier alpha value is -6.98. The first-order chi connectivity index (χ1) is 28.9. The van der Waals surface area contributed by atoms with Crippen molar-refractivity contribution in [3.63, 3.8) is 0 Å². The third-order valence-electron chi connectivity index (χ3n) is 10.0. The summed E-state index contributed by atoms with van der Waals surface area (Å²) in [7, 11) is 2.74. The Bertz CT molecular complexity index is 2800. The molecule has 0 atom stereocenters. The van der Waals surface area contributed by atoms with Gasteiger partial charge in [-0.1, -0.05) is 113 Å². The SMILES string of the molecule is COC(=O)c1ccc2nc(-c3ccccc3)c(N3CCc4ccccc43)nc2c1.COC(=O)c1ccc2nc(-c3ccccc3)c(NCCc3ccccc3Br)nc2c1. The van der Waals surface area contributed by atoms with E-state index in [4.69, 9.17) is 29.4 Å². The molecule has 0 saturated heterocycles. The second kappa shape index (κ2) is 17.7. The summed E-state index contributed by atoms with van der Waals surface area (Å²) < 4.78 is 10.8. The van der Waals surface area contributed by atoms with Gasteiger partial charge >= 0.3 is 11.9 Å². The van der Waals surface area contributed by atoms with Gasteiger partial charge in [0.15, 0.2) is 11.6 Å². The van der Waals surface area contributed by atoms with Crippen molar-refractivity contribution in [3.8, 4) is 22.5 Å². The van der Waals surface area contributed by atoms with E-state index >= 15 is 0 Å². The summed E-state index contributed by atoms with van der Waals surface area (Å²) in [5, 5.41) is 3.43. The Kier molecular flexibility index (Phi) is 11.6. The van der Waals surface area contributed by atoms with Crippen LogP contribution in [0.15, 0.2) is 150 Å². The molecule has 6 aromatic carbocycles. The number of esters is 2. The Morgan fingerprint density at radius 3 is 1.83 bits per heavy atom. The molecule has 0 fully saturated rings. The van der Waals surface area contributed by atoms with E-state index in [2.05, 4.69) is 50.4 Å². The van der Waals surface area contributed by atoms with Gasteiger partial charge in [-0.15, -0.1) is 0 Å². The van der Waals surface area contributed by atoms with Gasteiger partial charge in [-0.3, -0.25) is 0 Å². The van der Waals surface area contributed by atoms with E-state index in [9.17, 15) is 9.59 Å². The molecule has 10 nitrogen and oxygen atoms in total. The first kappa shape index (κ1) is 38.9. The molecule has 0 radical (unpaired) electrons. The van der Waals surface area contributed by atoms with Gasteiger partial charge in [-0.2, -0.15) is 0 Å². The maximum atomic E-state index is 12.0. The topological polar surface area (TPSA) is 119 Å². The van der Waals surface area contributed by atoms with Crippen LogP contribution in [0.25, 0.3) is 44.6 Å². The summed E-state index contributed by atoms with van der Waals surface area (Å²) in [5.41, 5.74) is 11.0. The van der Waals surface area contributed by atoms with Gasteiger partial charge in [-0.25, -0.2) is 29.5 Å². The molecule has 11 heteroatoms. The number of anilines is 3. The van der Waals surface area contributed by atoms with E-state index in [1.54, 1.807) is 30.3 Å². The monoisotopic (exact) mass is 842 g/mol. The molecule has 8 aromatic rings. The number of para-hydroxylation sites is 1. The van der Waals surface area contributed by atoms with Crippen molar-refractivity contribution in [1.82, 2.24) is 19.9 Å². The fraction of sp³-hybridized carbons (Fsp3) is 0.125. The van der Waals surface area contributed by atoms with Crippen molar-refractivity contribution < 1.29 is 19.1 Å². The lowest BCUT2D eigenvalue weighted by molar-refractivity contribution is 0.0592. The lowest BCUT2D eigenvalue weighted by Gasteiger charge is -2.22. The maximum absolute atomic E-state index is 12.0. The van der Waals surface area contributed by atoms with Crippen molar-refractivity contribution in [2.24, 2.45) is 0 Å². The quantitative estimate of drug-likeness (QED) is 0.141. The number of hydrogen-bond donors (Lipinski definition) is 1. The minimum absolute atomic E-state index is 0.381. The zero-order valence-corrected chi connectivity index (χ0v) is 34.0. The van der Waals surface area contributed by atoms with Crippen LogP contribution in [0.5, 0.6) is 0 Å². The fourth-order valence-electron chi connectivity index (χ4n) is 7.06. The molecule has 0 unspecified atom stereocenters. The second-order valence-electron chi connectivity index (χ2n) is 13.7. The molecule has 0 aliphatic carbocycles. The highest BCUT2D eigenvalue weighted by atomic mass is 79.9. The van der Waals surface area contributed by atoms with Crippen molar-refractivity contribution in [2.75, 3.05) is 37.5 Å². The molecule has 292 valence electrons. The molecule has 2 aromatic heterocycles. The highest BCUT2D eigenvalue weighted by Crippen LogP contribution is 2.39. The highest BCUT2D eigenvalue weighted by Gasteiger charge is 2.25. The van der Waals surface area contributed by atoms with E-state index in [0.717, 1.165) is 68.9 Å². The molecule has 0 saturated carbocycles. The number of rotatable bonds is 9. The third kappa shape index (κ3) is 8.51. The Labute approximate surface area is 350 Å². The summed E-state index contributed by atoms with van der Waals surface area (Å²) in [6, 6.07) is 47.1. The summed E-state index contributed by atoms with van der Waals surface area (Å²) >= 11 is 3.60. The Balaban J connectivity index is 0.000000164. The molecular formula is C48H39BrN6O4. The van der Waals surface area contributed by atoms with Gasteiger partial charge in [0.05, 0.1) is 47.4 Å². The Morgan fingerprint density at radius 2 is 1.19 bits per heavy atom. The molecule has 59 heavy (non-hydrogen) atoms.